The number of anilines is 2. The molecule has 0 saturated carbocycles. The van der Waals surface area contributed by atoms with Crippen molar-refractivity contribution in [1.82, 2.24) is 24.8 Å². The number of ether oxygens (including phenoxy) is 4. The highest BCUT2D eigenvalue weighted by atomic mass is 35.5. The molecule has 69 heavy (non-hydrogen) atoms. The largest absolute Gasteiger partial charge is 0.497 e. The molecule has 4 atom stereocenters. The Kier molecular flexibility index (Phi) is 13.0. The van der Waals surface area contributed by atoms with Gasteiger partial charge in [0.25, 0.3) is 0 Å². The first-order chi connectivity index (χ1) is 32.8. The van der Waals surface area contributed by atoms with Crippen molar-refractivity contribution in [3.8, 4) is 28.8 Å². The molecule has 1 amide bonds. The molecule has 2 bridgehead atoms. The Labute approximate surface area is 401 Å². The molecule has 12 nitrogen and oxygen atoms in total. The predicted molar refractivity (Wildman–Crippen MR) is 249 cm³/mol. The van der Waals surface area contributed by atoms with E-state index in [4.69, 9.17) is 35.5 Å². The molecular weight excluding hydrogens is 928 g/mol. The lowest BCUT2D eigenvalue weighted by Gasteiger charge is -2.42. The number of alkyl halides is 4. The first-order valence-corrected chi connectivity index (χ1v) is 23.4. The van der Waals surface area contributed by atoms with Crippen LogP contribution in [0.2, 0.25) is 5.02 Å². The number of nitrogens with zero attached hydrogens (tertiary/aromatic N) is 7. The van der Waals surface area contributed by atoms with E-state index in [0.29, 0.717) is 48.4 Å². The lowest BCUT2D eigenvalue weighted by Crippen LogP contribution is -2.57. The van der Waals surface area contributed by atoms with Gasteiger partial charge in [-0.2, -0.15) is 23.1 Å². The van der Waals surface area contributed by atoms with Crippen molar-refractivity contribution in [1.29, 1.82) is 0 Å². The van der Waals surface area contributed by atoms with E-state index in [-0.39, 0.29) is 75.0 Å². The van der Waals surface area contributed by atoms with Crippen LogP contribution < -0.4 is 24.0 Å². The number of carbonyl (C=O) groups is 1. The third-order valence-electron chi connectivity index (χ3n) is 13.7. The predicted octanol–water partition coefficient (Wildman–Crippen LogP) is 10.7. The molecule has 4 aliphatic heterocycles. The van der Waals surface area contributed by atoms with E-state index in [2.05, 4.69) is 9.97 Å². The second-order valence-electron chi connectivity index (χ2n) is 19.5. The highest BCUT2D eigenvalue weighted by Gasteiger charge is 2.50. The number of amides is 1. The minimum Gasteiger partial charge on any atom is -0.497 e. The summed E-state index contributed by atoms with van der Waals surface area (Å²) in [5.74, 6) is -1.70. The van der Waals surface area contributed by atoms with Crippen molar-refractivity contribution in [3.63, 3.8) is 0 Å². The molecule has 368 valence electrons. The van der Waals surface area contributed by atoms with Gasteiger partial charge in [0, 0.05) is 50.1 Å². The number of fused-ring (bicyclic) bond motifs is 4. The monoisotopic (exact) mass is 981 g/mol. The van der Waals surface area contributed by atoms with Gasteiger partial charge >= 0.3 is 18.3 Å². The highest BCUT2D eigenvalue weighted by Crippen LogP contribution is 2.47. The summed E-state index contributed by atoms with van der Waals surface area (Å²) < 4.78 is 118. The molecule has 4 fully saturated rings. The van der Waals surface area contributed by atoms with Crippen LogP contribution in [0.5, 0.6) is 17.5 Å². The number of hydrogen-bond donors (Lipinski definition) is 0. The Hall–Kier alpha value is -5.75. The zero-order valence-corrected chi connectivity index (χ0v) is 40.0. The maximum Gasteiger partial charge on any atom is 0.418 e. The maximum absolute atomic E-state index is 17.9. The number of methoxy groups -OCH3 is 2. The van der Waals surface area contributed by atoms with Gasteiger partial charge in [0.05, 0.1) is 53.7 Å². The number of pyridine rings is 1. The van der Waals surface area contributed by atoms with Crippen LogP contribution in [0.4, 0.5) is 42.8 Å². The molecule has 0 spiro atoms. The summed E-state index contributed by atoms with van der Waals surface area (Å²) >= 11 is 6.98. The fraction of sp³-hybridized carbons (Fsp3) is 0.480. The summed E-state index contributed by atoms with van der Waals surface area (Å²) in [6.45, 7) is 7.71. The number of halogens is 7. The minimum absolute atomic E-state index is 0.0172. The van der Waals surface area contributed by atoms with Crippen molar-refractivity contribution in [2.24, 2.45) is 0 Å². The van der Waals surface area contributed by atoms with Crippen LogP contribution in [0.1, 0.15) is 75.1 Å². The SMILES string of the molecule is COc1ccc(CN(Cc2ccc(OC)cc2)c2nc(-c3c(Cl)cc4c(N5CC6CCC(C5)N6C(=O)OC(C)(C)C)nc(OC[C@@]56CCCN5C[C@H](F)C6)nc4c3F)c(C(F)(F)F)c(C)c2F)cc1. The normalized spacial score (nSPS) is 21.5. The summed E-state index contributed by atoms with van der Waals surface area (Å²) in [5.41, 5.74) is -4.52. The quantitative estimate of drug-likeness (QED) is 0.112. The van der Waals surface area contributed by atoms with Crippen molar-refractivity contribution in [2.75, 3.05) is 56.8 Å². The Morgan fingerprint density at radius 2 is 1.49 bits per heavy atom. The number of piperazine rings is 1. The lowest BCUT2D eigenvalue weighted by molar-refractivity contribution is -0.137. The van der Waals surface area contributed by atoms with Crippen LogP contribution in [0.25, 0.3) is 22.2 Å². The van der Waals surface area contributed by atoms with E-state index in [1.165, 1.54) is 25.2 Å². The second-order valence-corrected chi connectivity index (χ2v) is 19.9. The van der Waals surface area contributed by atoms with E-state index in [9.17, 15) is 9.18 Å². The molecule has 5 aromatic rings. The molecule has 4 saturated heterocycles. The van der Waals surface area contributed by atoms with Crippen LogP contribution in [-0.2, 0) is 24.0 Å². The fourth-order valence-corrected chi connectivity index (χ4v) is 10.8. The Morgan fingerprint density at radius 3 is 2.06 bits per heavy atom. The number of rotatable bonds is 12. The van der Waals surface area contributed by atoms with Crippen LogP contribution in [0.3, 0.4) is 0 Å². The van der Waals surface area contributed by atoms with Gasteiger partial charge in [-0.25, -0.2) is 22.9 Å². The molecule has 4 aliphatic rings. The van der Waals surface area contributed by atoms with E-state index in [0.717, 1.165) is 13.3 Å². The van der Waals surface area contributed by atoms with Gasteiger partial charge in [-0.1, -0.05) is 35.9 Å². The molecule has 0 radical (unpaired) electrons. The molecule has 0 aliphatic carbocycles. The highest BCUT2D eigenvalue weighted by molar-refractivity contribution is 6.34. The summed E-state index contributed by atoms with van der Waals surface area (Å²) in [4.78, 5) is 34.2. The number of aromatic nitrogens is 3. The average molecular weight is 982 g/mol. The summed E-state index contributed by atoms with van der Waals surface area (Å²) in [7, 11) is 3.02. The Balaban J connectivity index is 1.18. The summed E-state index contributed by atoms with van der Waals surface area (Å²) in [6.07, 6.45) is -3.74. The van der Waals surface area contributed by atoms with E-state index in [1.54, 1.807) is 74.2 Å². The van der Waals surface area contributed by atoms with Crippen LogP contribution in [0.15, 0.2) is 54.6 Å². The maximum atomic E-state index is 17.9. The second kappa shape index (κ2) is 18.5. The van der Waals surface area contributed by atoms with Crippen molar-refractivity contribution >= 4 is 40.2 Å². The van der Waals surface area contributed by atoms with Gasteiger partial charge < -0.3 is 28.7 Å². The lowest BCUT2D eigenvalue weighted by atomic mass is 9.95. The topological polar surface area (TPSA) is 106 Å². The first-order valence-electron chi connectivity index (χ1n) is 23.0. The molecular formula is C50H54ClF6N7O5. The van der Waals surface area contributed by atoms with Gasteiger partial charge in [0.15, 0.2) is 17.5 Å². The standard InChI is InChI=1S/C50H54ClF6N7O5/c1-28-39(50(55,56)57)43(58-45(40(28)53)61(22-29-8-14-34(66-5)15-9-29)23-30-10-16-35(67-6)17-11-30)38-37(51)20-36-42(41(38)54)59-46(68-27-49-18-7-19-63(49)24-31(52)21-49)60-44(36)62-25-32-12-13-33(26-62)64(32)47(65)69-48(2,3)4/h8-11,14-17,20,31-33H,7,12-13,18-19,21-27H2,1-6H3/t31-,32?,33?,49+/m1/s1. The van der Waals surface area contributed by atoms with Crippen molar-refractivity contribution in [3.05, 3.63) is 93.5 Å². The molecule has 6 heterocycles. The van der Waals surface area contributed by atoms with Gasteiger partial charge in [0.1, 0.15) is 41.2 Å². The smallest absolute Gasteiger partial charge is 0.418 e. The number of hydrogen-bond acceptors (Lipinski definition) is 11. The van der Waals surface area contributed by atoms with Gasteiger partial charge in [-0.05, 0) is 101 Å². The molecule has 2 unspecified atom stereocenters. The molecule has 9 rings (SSSR count). The summed E-state index contributed by atoms with van der Waals surface area (Å²) in [5, 5.41) is -0.390. The molecule has 0 N–H and O–H groups in total. The van der Waals surface area contributed by atoms with Crippen LogP contribution in [-0.4, -0.2) is 107 Å². The van der Waals surface area contributed by atoms with Gasteiger partial charge in [0.2, 0.25) is 0 Å². The molecule has 3 aromatic carbocycles. The third-order valence-corrected chi connectivity index (χ3v) is 14.0. The van der Waals surface area contributed by atoms with E-state index in [1.807, 2.05) is 9.80 Å². The zero-order valence-electron chi connectivity index (χ0n) is 39.2. The first kappa shape index (κ1) is 48.3. The Bertz CT molecular complexity index is 2680. The van der Waals surface area contributed by atoms with Gasteiger partial charge in [-0.15, -0.1) is 0 Å². The molecule has 2 aromatic heterocycles. The average Bonchev–Trinajstić information content (AvgIpc) is 3.92. The van der Waals surface area contributed by atoms with Crippen LogP contribution >= 0.6 is 11.6 Å². The third kappa shape index (κ3) is 9.50. The van der Waals surface area contributed by atoms with Crippen molar-refractivity contribution in [2.45, 2.75) is 108 Å². The molecule has 19 heteroatoms. The minimum atomic E-state index is -5.23. The fourth-order valence-electron chi connectivity index (χ4n) is 10.5. The zero-order chi connectivity index (χ0) is 49.2. The van der Waals surface area contributed by atoms with Crippen LogP contribution in [0, 0.1) is 18.6 Å². The number of carbonyl (C=O) groups excluding carboxylic acids is 1. The van der Waals surface area contributed by atoms with E-state index < -0.39 is 80.0 Å². The number of benzene rings is 3. The van der Waals surface area contributed by atoms with E-state index >= 15 is 22.0 Å². The van der Waals surface area contributed by atoms with Crippen molar-refractivity contribution < 1.29 is 50.1 Å². The summed E-state index contributed by atoms with van der Waals surface area (Å²) in [6, 6.07) is 14.2. The van der Waals surface area contributed by atoms with Gasteiger partial charge in [-0.3, -0.25) is 9.80 Å². The Morgan fingerprint density at radius 1 is 0.884 bits per heavy atom.